The molecule has 2 amide bonds. The molecule has 4 nitrogen and oxygen atoms in total. The number of thiophene rings is 1. The Hall–Kier alpha value is -2.29. The van der Waals surface area contributed by atoms with Crippen molar-refractivity contribution in [2.45, 2.75) is 6.54 Å². The number of hydroxylamine groups is 2. The maximum atomic E-state index is 10.7. The monoisotopic (exact) mass is 272 g/mol. The van der Waals surface area contributed by atoms with Gasteiger partial charge in [-0.05, 0) is 29.1 Å². The molecule has 0 aliphatic rings. The van der Waals surface area contributed by atoms with E-state index < -0.39 is 6.03 Å². The number of primary amides is 1. The number of hydrogen-bond acceptors (Lipinski definition) is 3. The molecule has 0 spiro atoms. The minimum Gasteiger partial charge on any atom is -0.350 e. The summed E-state index contributed by atoms with van der Waals surface area (Å²) in [5, 5.41) is 13.6. The Balaban J connectivity index is 2.04. The van der Waals surface area contributed by atoms with Crippen molar-refractivity contribution in [3.05, 3.63) is 57.8 Å². The number of rotatable bonds is 2. The second-order valence-electron chi connectivity index (χ2n) is 3.85. The van der Waals surface area contributed by atoms with Gasteiger partial charge in [-0.1, -0.05) is 24.0 Å². The molecule has 0 unspecified atom stereocenters. The first kappa shape index (κ1) is 13.1. The van der Waals surface area contributed by atoms with E-state index in [9.17, 15) is 10.0 Å². The lowest BCUT2D eigenvalue weighted by Gasteiger charge is -2.11. The zero-order valence-electron chi connectivity index (χ0n) is 10.0. The van der Waals surface area contributed by atoms with Crippen LogP contribution in [0.4, 0.5) is 4.79 Å². The number of hydrogen-bond donors (Lipinski definition) is 2. The third kappa shape index (κ3) is 3.85. The molecule has 1 aromatic carbocycles. The third-order valence-electron chi connectivity index (χ3n) is 2.41. The summed E-state index contributed by atoms with van der Waals surface area (Å²) in [6.45, 7) is 0.0631. The van der Waals surface area contributed by atoms with E-state index in [4.69, 9.17) is 5.73 Å². The summed E-state index contributed by atoms with van der Waals surface area (Å²) >= 11 is 1.61. The number of benzene rings is 1. The summed E-state index contributed by atoms with van der Waals surface area (Å²) in [4.78, 5) is 10.7. The highest BCUT2D eigenvalue weighted by molar-refractivity contribution is 7.08. The fraction of sp³-hybridized carbons (Fsp3) is 0.0714. The quantitative estimate of drug-likeness (QED) is 0.501. The zero-order valence-corrected chi connectivity index (χ0v) is 10.9. The van der Waals surface area contributed by atoms with Gasteiger partial charge in [0.05, 0.1) is 6.54 Å². The standard InChI is InChI=1S/C14H12N2O2S/c15-14(17)16(18)9-12-4-1-11(2-5-12)3-6-13-7-8-19-10-13/h1-2,4-5,7-8,10,18H,9H2,(H2,15,17). The van der Waals surface area contributed by atoms with Gasteiger partial charge >= 0.3 is 6.03 Å². The van der Waals surface area contributed by atoms with Crippen LogP contribution < -0.4 is 5.73 Å². The molecular formula is C14H12N2O2S. The van der Waals surface area contributed by atoms with E-state index in [1.165, 1.54) is 0 Å². The van der Waals surface area contributed by atoms with Crippen LogP contribution in [0.5, 0.6) is 0 Å². The fourth-order valence-electron chi connectivity index (χ4n) is 1.42. The molecule has 96 valence electrons. The molecule has 0 aliphatic carbocycles. The number of nitrogens with zero attached hydrogens (tertiary/aromatic N) is 1. The van der Waals surface area contributed by atoms with Crippen LogP contribution >= 0.6 is 11.3 Å². The molecule has 2 aromatic rings. The van der Waals surface area contributed by atoms with E-state index in [1.807, 2.05) is 29.0 Å². The molecule has 0 aliphatic heterocycles. The summed E-state index contributed by atoms with van der Waals surface area (Å²) in [6, 6.07) is 8.35. The Kier molecular flexibility index (Phi) is 4.18. The SMILES string of the molecule is NC(=O)N(O)Cc1ccc(C#Cc2ccsc2)cc1. The Morgan fingerprint density at radius 1 is 1.21 bits per heavy atom. The van der Waals surface area contributed by atoms with Gasteiger partial charge in [-0.2, -0.15) is 11.3 Å². The lowest BCUT2D eigenvalue weighted by molar-refractivity contribution is -0.0470. The van der Waals surface area contributed by atoms with Crippen molar-refractivity contribution in [3.63, 3.8) is 0 Å². The van der Waals surface area contributed by atoms with Crippen molar-refractivity contribution in [1.82, 2.24) is 5.06 Å². The van der Waals surface area contributed by atoms with Crippen molar-refractivity contribution in [3.8, 4) is 11.8 Å². The zero-order chi connectivity index (χ0) is 13.7. The summed E-state index contributed by atoms with van der Waals surface area (Å²) in [7, 11) is 0. The minimum atomic E-state index is -0.874. The van der Waals surface area contributed by atoms with Crippen molar-refractivity contribution in [2.75, 3.05) is 0 Å². The molecule has 2 rings (SSSR count). The van der Waals surface area contributed by atoms with Gasteiger partial charge < -0.3 is 5.73 Å². The highest BCUT2D eigenvalue weighted by Gasteiger charge is 2.05. The molecule has 1 aromatic heterocycles. The molecule has 5 heteroatoms. The number of carbonyl (C=O) groups is 1. The van der Waals surface area contributed by atoms with Crippen molar-refractivity contribution in [2.24, 2.45) is 5.73 Å². The van der Waals surface area contributed by atoms with Crippen molar-refractivity contribution in [1.29, 1.82) is 0 Å². The van der Waals surface area contributed by atoms with Gasteiger partial charge in [0.25, 0.3) is 0 Å². The summed E-state index contributed by atoms with van der Waals surface area (Å²) in [5.41, 5.74) is 7.57. The minimum absolute atomic E-state index is 0.0631. The van der Waals surface area contributed by atoms with Gasteiger partial charge in [-0.25, -0.2) is 9.86 Å². The molecule has 0 saturated carbocycles. The second-order valence-corrected chi connectivity index (χ2v) is 4.63. The molecule has 0 saturated heterocycles. The average molecular weight is 272 g/mol. The van der Waals surface area contributed by atoms with E-state index in [1.54, 1.807) is 23.5 Å². The Bertz CT molecular complexity index is 609. The summed E-state index contributed by atoms with van der Waals surface area (Å²) in [6.07, 6.45) is 0. The van der Waals surface area contributed by atoms with Crippen molar-refractivity contribution >= 4 is 17.4 Å². The smallest absolute Gasteiger partial charge is 0.338 e. The van der Waals surface area contributed by atoms with Crippen LogP contribution in [0, 0.1) is 11.8 Å². The van der Waals surface area contributed by atoms with Gasteiger partial charge in [-0.3, -0.25) is 5.21 Å². The number of nitrogens with two attached hydrogens (primary N) is 1. The molecule has 3 N–H and O–H groups in total. The van der Waals surface area contributed by atoms with Gasteiger partial charge in [0.2, 0.25) is 0 Å². The lowest BCUT2D eigenvalue weighted by atomic mass is 10.1. The van der Waals surface area contributed by atoms with Gasteiger partial charge in [0, 0.05) is 16.5 Å². The first-order chi connectivity index (χ1) is 9.15. The highest BCUT2D eigenvalue weighted by atomic mass is 32.1. The van der Waals surface area contributed by atoms with Gasteiger partial charge in [0.1, 0.15) is 0 Å². The third-order valence-corrected chi connectivity index (χ3v) is 3.10. The molecule has 0 radical (unpaired) electrons. The van der Waals surface area contributed by atoms with Crippen LogP contribution in [-0.2, 0) is 6.54 Å². The maximum absolute atomic E-state index is 10.7. The molecule has 0 atom stereocenters. The first-order valence-electron chi connectivity index (χ1n) is 5.54. The van der Waals surface area contributed by atoms with Crippen molar-refractivity contribution < 1.29 is 10.0 Å². The van der Waals surface area contributed by atoms with Crippen LogP contribution in [0.2, 0.25) is 0 Å². The molecule has 1 heterocycles. The topological polar surface area (TPSA) is 66.6 Å². The maximum Gasteiger partial charge on any atom is 0.338 e. The van der Waals surface area contributed by atoms with Crippen LogP contribution in [0.25, 0.3) is 0 Å². The van der Waals surface area contributed by atoms with E-state index in [0.717, 1.165) is 16.7 Å². The number of urea groups is 1. The van der Waals surface area contributed by atoms with E-state index >= 15 is 0 Å². The Morgan fingerprint density at radius 2 is 1.89 bits per heavy atom. The summed E-state index contributed by atoms with van der Waals surface area (Å²) in [5.74, 6) is 6.09. The Labute approximate surface area is 115 Å². The van der Waals surface area contributed by atoms with Gasteiger partial charge in [-0.15, -0.1) is 0 Å². The highest BCUT2D eigenvalue weighted by Crippen LogP contribution is 2.07. The first-order valence-corrected chi connectivity index (χ1v) is 6.48. The molecule has 0 fully saturated rings. The largest absolute Gasteiger partial charge is 0.350 e. The van der Waals surface area contributed by atoms with Crippen LogP contribution in [0.15, 0.2) is 41.1 Å². The Morgan fingerprint density at radius 3 is 2.47 bits per heavy atom. The number of amides is 2. The van der Waals surface area contributed by atoms with Gasteiger partial charge in [0.15, 0.2) is 0 Å². The second kappa shape index (κ2) is 6.05. The van der Waals surface area contributed by atoms with E-state index in [0.29, 0.717) is 5.06 Å². The molecule has 19 heavy (non-hydrogen) atoms. The van der Waals surface area contributed by atoms with E-state index in [-0.39, 0.29) is 6.54 Å². The number of carbonyl (C=O) groups excluding carboxylic acids is 1. The molecule has 0 bridgehead atoms. The predicted octanol–water partition coefficient (Wildman–Crippen LogP) is 2.42. The molecular weight excluding hydrogens is 260 g/mol. The van der Waals surface area contributed by atoms with E-state index in [2.05, 4.69) is 11.8 Å². The lowest BCUT2D eigenvalue weighted by Crippen LogP contribution is -2.31. The predicted molar refractivity (Wildman–Crippen MR) is 73.7 cm³/mol. The fourth-order valence-corrected chi connectivity index (χ4v) is 2.01. The van der Waals surface area contributed by atoms with Crippen LogP contribution in [-0.4, -0.2) is 16.3 Å². The average Bonchev–Trinajstić information content (AvgIpc) is 2.91. The normalized spacial score (nSPS) is 9.53. The van der Waals surface area contributed by atoms with Crippen LogP contribution in [0.3, 0.4) is 0 Å². The summed E-state index contributed by atoms with van der Waals surface area (Å²) < 4.78 is 0. The van der Waals surface area contributed by atoms with Crippen LogP contribution in [0.1, 0.15) is 16.7 Å².